The highest BCUT2D eigenvalue weighted by molar-refractivity contribution is 8.18. The minimum absolute atomic E-state index is 0.0171. The number of hydrogen-bond donors (Lipinski definition) is 0. The summed E-state index contributed by atoms with van der Waals surface area (Å²) in [5.41, 5.74) is 1.53. The zero-order valence-corrected chi connectivity index (χ0v) is 20.1. The van der Waals surface area contributed by atoms with E-state index in [-0.39, 0.29) is 43.8 Å². The molecule has 1 aliphatic heterocycles. The van der Waals surface area contributed by atoms with Gasteiger partial charge in [-0.25, -0.2) is 4.79 Å². The molecule has 0 bridgehead atoms. The van der Waals surface area contributed by atoms with Crippen LogP contribution >= 0.6 is 35.0 Å². The molecule has 172 valence electrons. The number of imide groups is 1. The normalized spacial score (nSPS) is 14.6. The standard InChI is InChI=1S/C25H17Cl2NO5S/c1-32-20-12-16(11-19(27)22(20)33-24(30)17-9-5-6-10-18(17)26)13-21-23(29)28(25(31)34-21)14-15-7-3-2-4-8-15/h2-13H,14H2,1H3/b21-13-. The summed E-state index contributed by atoms with van der Waals surface area (Å²) < 4.78 is 10.8. The van der Waals surface area contributed by atoms with E-state index in [0.717, 1.165) is 17.3 Å². The molecule has 4 rings (SSSR count). The van der Waals surface area contributed by atoms with Crippen LogP contribution in [0.25, 0.3) is 6.08 Å². The van der Waals surface area contributed by atoms with Gasteiger partial charge < -0.3 is 9.47 Å². The van der Waals surface area contributed by atoms with E-state index in [2.05, 4.69) is 0 Å². The van der Waals surface area contributed by atoms with E-state index in [1.54, 1.807) is 30.3 Å². The van der Waals surface area contributed by atoms with Crippen LogP contribution in [-0.4, -0.2) is 29.1 Å². The third-order valence-corrected chi connectivity index (χ3v) is 6.41. The SMILES string of the molecule is COc1cc(/C=C2\SC(=O)N(Cc3ccccc3)C2=O)cc(Cl)c1OC(=O)c1ccccc1Cl. The fourth-order valence-electron chi connectivity index (χ4n) is 3.25. The number of amides is 2. The molecule has 2 amide bonds. The van der Waals surface area contributed by atoms with Gasteiger partial charge in [0.1, 0.15) is 0 Å². The number of halogens is 2. The lowest BCUT2D eigenvalue weighted by atomic mass is 10.1. The highest BCUT2D eigenvalue weighted by atomic mass is 35.5. The third kappa shape index (κ3) is 5.12. The van der Waals surface area contributed by atoms with E-state index in [1.165, 1.54) is 24.1 Å². The lowest BCUT2D eigenvalue weighted by Crippen LogP contribution is -2.27. The summed E-state index contributed by atoms with van der Waals surface area (Å²) in [5.74, 6) is -0.894. The molecule has 3 aromatic carbocycles. The van der Waals surface area contributed by atoms with E-state index in [9.17, 15) is 14.4 Å². The Bertz CT molecular complexity index is 1310. The molecular formula is C25H17Cl2NO5S. The average Bonchev–Trinajstić information content (AvgIpc) is 3.08. The minimum atomic E-state index is -0.694. The van der Waals surface area contributed by atoms with E-state index >= 15 is 0 Å². The van der Waals surface area contributed by atoms with Crippen LogP contribution in [0.1, 0.15) is 21.5 Å². The van der Waals surface area contributed by atoms with Gasteiger partial charge in [-0.05, 0) is 53.2 Å². The van der Waals surface area contributed by atoms with Crippen molar-refractivity contribution in [2.45, 2.75) is 6.54 Å². The number of hydrogen-bond acceptors (Lipinski definition) is 6. The summed E-state index contributed by atoms with van der Waals surface area (Å²) in [7, 11) is 1.40. The number of rotatable bonds is 6. The second-order valence-corrected chi connectivity index (χ2v) is 8.96. The van der Waals surface area contributed by atoms with Gasteiger partial charge in [0.05, 0.1) is 34.2 Å². The van der Waals surface area contributed by atoms with Crippen LogP contribution in [0.2, 0.25) is 10.0 Å². The van der Waals surface area contributed by atoms with Gasteiger partial charge in [0.25, 0.3) is 11.1 Å². The Morgan fingerprint density at radius 1 is 1.00 bits per heavy atom. The van der Waals surface area contributed by atoms with Crippen LogP contribution in [0.4, 0.5) is 4.79 Å². The zero-order chi connectivity index (χ0) is 24.2. The Morgan fingerprint density at radius 2 is 1.71 bits per heavy atom. The van der Waals surface area contributed by atoms with Crippen LogP contribution in [0.3, 0.4) is 0 Å². The van der Waals surface area contributed by atoms with Crippen molar-refractivity contribution < 1.29 is 23.9 Å². The maximum Gasteiger partial charge on any atom is 0.345 e. The molecule has 1 fully saturated rings. The highest BCUT2D eigenvalue weighted by Gasteiger charge is 2.35. The second kappa shape index (κ2) is 10.3. The topological polar surface area (TPSA) is 72.9 Å². The van der Waals surface area contributed by atoms with Crippen molar-refractivity contribution in [3.63, 3.8) is 0 Å². The van der Waals surface area contributed by atoms with Gasteiger partial charge in [0.15, 0.2) is 11.5 Å². The van der Waals surface area contributed by atoms with Crippen LogP contribution in [-0.2, 0) is 11.3 Å². The minimum Gasteiger partial charge on any atom is -0.493 e. The monoisotopic (exact) mass is 513 g/mol. The van der Waals surface area contributed by atoms with Gasteiger partial charge in [-0.15, -0.1) is 0 Å². The van der Waals surface area contributed by atoms with E-state index in [0.29, 0.717) is 5.56 Å². The first-order valence-electron chi connectivity index (χ1n) is 10.0. The molecule has 9 heteroatoms. The van der Waals surface area contributed by atoms with E-state index in [4.69, 9.17) is 32.7 Å². The Balaban J connectivity index is 1.58. The van der Waals surface area contributed by atoms with Gasteiger partial charge in [0, 0.05) is 0 Å². The van der Waals surface area contributed by atoms with Crippen LogP contribution < -0.4 is 9.47 Å². The van der Waals surface area contributed by atoms with Crippen LogP contribution in [0, 0.1) is 0 Å². The van der Waals surface area contributed by atoms with Crippen molar-refractivity contribution in [3.05, 3.63) is 98.4 Å². The first kappa shape index (κ1) is 23.9. The molecule has 0 spiro atoms. The number of ether oxygens (including phenoxy) is 2. The number of benzene rings is 3. The number of esters is 1. The molecule has 0 radical (unpaired) electrons. The first-order valence-corrected chi connectivity index (χ1v) is 11.6. The molecule has 1 heterocycles. The highest BCUT2D eigenvalue weighted by Crippen LogP contribution is 2.39. The van der Waals surface area contributed by atoms with Crippen molar-refractivity contribution in [3.8, 4) is 11.5 Å². The lowest BCUT2D eigenvalue weighted by Gasteiger charge is -2.13. The summed E-state index contributed by atoms with van der Waals surface area (Å²) in [6, 6.07) is 18.8. The molecule has 1 saturated heterocycles. The summed E-state index contributed by atoms with van der Waals surface area (Å²) in [4.78, 5) is 39.3. The summed E-state index contributed by atoms with van der Waals surface area (Å²) in [6.45, 7) is 0.184. The van der Waals surface area contributed by atoms with Gasteiger partial charge in [-0.3, -0.25) is 14.5 Å². The molecule has 0 aromatic heterocycles. The Kier molecular flexibility index (Phi) is 7.26. The summed E-state index contributed by atoms with van der Waals surface area (Å²) in [5, 5.41) is -0.0246. The zero-order valence-electron chi connectivity index (χ0n) is 17.8. The smallest absolute Gasteiger partial charge is 0.345 e. The third-order valence-electron chi connectivity index (χ3n) is 4.90. The Morgan fingerprint density at radius 3 is 2.41 bits per heavy atom. The number of nitrogens with zero attached hydrogens (tertiary/aromatic N) is 1. The van der Waals surface area contributed by atoms with Gasteiger partial charge >= 0.3 is 5.97 Å². The molecule has 6 nitrogen and oxygen atoms in total. The Hall–Kier alpha value is -3.26. The average molecular weight is 514 g/mol. The maximum atomic E-state index is 12.8. The van der Waals surface area contributed by atoms with Gasteiger partial charge in [0.2, 0.25) is 0 Å². The van der Waals surface area contributed by atoms with Crippen molar-refractivity contribution in [2.24, 2.45) is 0 Å². The van der Waals surface area contributed by atoms with E-state index in [1.807, 2.05) is 30.3 Å². The van der Waals surface area contributed by atoms with Crippen LogP contribution in [0.15, 0.2) is 71.6 Å². The fraction of sp³-hybridized carbons (Fsp3) is 0.0800. The van der Waals surface area contributed by atoms with Crippen molar-refractivity contribution in [1.82, 2.24) is 4.90 Å². The van der Waals surface area contributed by atoms with Crippen molar-refractivity contribution in [2.75, 3.05) is 7.11 Å². The lowest BCUT2D eigenvalue weighted by molar-refractivity contribution is -0.123. The van der Waals surface area contributed by atoms with Crippen LogP contribution in [0.5, 0.6) is 11.5 Å². The maximum absolute atomic E-state index is 12.8. The summed E-state index contributed by atoms with van der Waals surface area (Å²) >= 11 is 13.3. The van der Waals surface area contributed by atoms with E-state index < -0.39 is 11.9 Å². The fourth-order valence-corrected chi connectivity index (χ4v) is 4.56. The number of carbonyl (C=O) groups excluding carboxylic acids is 3. The summed E-state index contributed by atoms with van der Waals surface area (Å²) in [6.07, 6.45) is 1.55. The van der Waals surface area contributed by atoms with Crippen molar-refractivity contribution in [1.29, 1.82) is 0 Å². The molecule has 0 N–H and O–H groups in total. The quantitative estimate of drug-likeness (QED) is 0.214. The predicted molar refractivity (Wildman–Crippen MR) is 132 cm³/mol. The number of methoxy groups -OCH3 is 1. The number of thioether (sulfide) groups is 1. The van der Waals surface area contributed by atoms with Gasteiger partial charge in [-0.2, -0.15) is 0 Å². The molecule has 0 atom stereocenters. The molecule has 34 heavy (non-hydrogen) atoms. The molecule has 0 aliphatic carbocycles. The molecule has 1 aliphatic rings. The second-order valence-electron chi connectivity index (χ2n) is 7.16. The van der Waals surface area contributed by atoms with Crippen molar-refractivity contribution >= 4 is 58.2 Å². The van der Waals surface area contributed by atoms with Gasteiger partial charge in [-0.1, -0.05) is 65.7 Å². The molecule has 3 aromatic rings. The molecular weight excluding hydrogens is 497 g/mol. The Labute approximate surface area is 210 Å². The largest absolute Gasteiger partial charge is 0.493 e. The first-order chi connectivity index (χ1) is 16.4. The predicted octanol–water partition coefficient (Wildman–Crippen LogP) is 6.46. The molecule has 0 unspecified atom stereocenters. The molecule has 0 saturated carbocycles. The number of carbonyl (C=O) groups is 3.